The first-order valence-corrected chi connectivity index (χ1v) is 8.44. The number of aromatic nitrogens is 4. The van der Waals surface area contributed by atoms with E-state index in [4.69, 9.17) is 5.73 Å². The molecule has 4 aromatic heterocycles. The zero-order valence-electron chi connectivity index (χ0n) is 14.9. The number of hydrogen-bond acceptors (Lipinski definition) is 4. The van der Waals surface area contributed by atoms with Crippen molar-refractivity contribution in [3.05, 3.63) is 66.6 Å². The molecule has 0 unspecified atom stereocenters. The first-order chi connectivity index (χ1) is 12.6. The van der Waals surface area contributed by atoms with Crippen molar-refractivity contribution in [2.75, 3.05) is 5.73 Å². The van der Waals surface area contributed by atoms with Gasteiger partial charge in [-0.05, 0) is 37.3 Å². The molecule has 0 saturated heterocycles. The standard InChI is InChI=1S/C18H14FN5.C2H6/c1-11-15(14-3-2-6-21-18(14)20)7-13-9-23-17(10-24(11)13)16-5-4-12(19)8-22-16;1-2/h2-10H,1H3,(H2,20,21);1-2H3. The third-order valence-corrected chi connectivity index (χ3v) is 4.03. The largest absolute Gasteiger partial charge is 0.383 e. The molecule has 0 aromatic carbocycles. The van der Waals surface area contributed by atoms with Gasteiger partial charge >= 0.3 is 0 Å². The first-order valence-electron chi connectivity index (χ1n) is 8.44. The van der Waals surface area contributed by atoms with Gasteiger partial charge in [0.2, 0.25) is 0 Å². The Hall–Kier alpha value is -3.28. The Morgan fingerprint density at radius 2 is 1.73 bits per heavy atom. The van der Waals surface area contributed by atoms with Crippen molar-refractivity contribution in [1.82, 2.24) is 19.4 Å². The maximum absolute atomic E-state index is 13.0. The second kappa shape index (κ2) is 7.31. The average molecular weight is 349 g/mol. The van der Waals surface area contributed by atoms with Gasteiger partial charge in [0.15, 0.2) is 0 Å². The molecule has 26 heavy (non-hydrogen) atoms. The van der Waals surface area contributed by atoms with Gasteiger partial charge in [-0.1, -0.05) is 13.8 Å². The van der Waals surface area contributed by atoms with E-state index in [-0.39, 0.29) is 5.82 Å². The van der Waals surface area contributed by atoms with Gasteiger partial charge in [0.25, 0.3) is 0 Å². The van der Waals surface area contributed by atoms with Gasteiger partial charge in [-0.2, -0.15) is 0 Å². The van der Waals surface area contributed by atoms with Gasteiger partial charge in [-0.3, -0.25) is 9.97 Å². The number of nitrogens with two attached hydrogens (primary N) is 1. The second-order valence-electron chi connectivity index (χ2n) is 5.51. The molecule has 0 spiro atoms. The van der Waals surface area contributed by atoms with E-state index in [1.807, 2.05) is 49.6 Å². The van der Waals surface area contributed by atoms with E-state index < -0.39 is 0 Å². The molecule has 0 bridgehead atoms. The highest BCUT2D eigenvalue weighted by Gasteiger charge is 2.13. The lowest BCUT2D eigenvalue weighted by Gasteiger charge is -2.05. The molecule has 0 atom stereocenters. The Kier molecular flexibility index (Phi) is 4.93. The summed E-state index contributed by atoms with van der Waals surface area (Å²) in [5.41, 5.74) is 11.1. The van der Waals surface area contributed by atoms with Crippen molar-refractivity contribution in [2.45, 2.75) is 20.8 Å². The first kappa shape index (κ1) is 17.5. The smallest absolute Gasteiger partial charge is 0.141 e. The minimum absolute atomic E-state index is 0.369. The number of hydrogen-bond donors (Lipinski definition) is 1. The monoisotopic (exact) mass is 349 g/mol. The van der Waals surface area contributed by atoms with Crippen LogP contribution in [0.2, 0.25) is 0 Å². The number of fused-ring (bicyclic) bond motifs is 1. The number of nitrogens with zero attached hydrogens (tertiary/aromatic N) is 4. The van der Waals surface area contributed by atoms with Gasteiger partial charge in [-0.25, -0.2) is 9.37 Å². The van der Waals surface area contributed by atoms with Crippen LogP contribution in [-0.4, -0.2) is 19.4 Å². The molecule has 5 nitrogen and oxygen atoms in total. The quantitative estimate of drug-likeness (QED) is 0.578. The Labute approximate surface area is 151 Å². The van der Waals surface area contributed by atoms with Crippen LogP contribution in [0.5, 0.6) is 0 Å². The Morgan fingerprint density at radius 3 is 2.42 bits per heavy atom. The number of halogens is 1. The molecule has 4 rings (SSSR count). The Morgan fingerprint density at radius 1 is 0.962 bits per heavy atom. The molecule has 0 saturated carbocycles. The minimum atomic E-state index is -0.369. The molecule has 132 valence electrons. The fourth-order valence-electron chi connectivity index (χ4n) is 2.78. The van der Waals surface area contributed by atoms with Crippen LogP contribution in [0.1, 0.15) is 19.5 Å². The summed E-state index contributed by atoms with van der Waals surface area (Å²) in [7, 11) is 0. The molecule has 6 heteroatoms. The summed E-state index contributed by atoms with van der Waals surface area (Å²) in [6.07, 6.45) is 6.51. The highest BCUT2D eigenvalue weighted by Crippen LogP contribution is 2.30. The highest BCUT2D eigenvalue weighted by molar-refractivity contribution is 5.80. The van der Waals surface area contributed by atoms with Crippen LogP contribution < -0.4 is 5.73 Å². The van der Waals surface area contributed by atoms with Crippen LogP contribution in [0.3, 0.4) is 0 Å². The van der Waals surface area contributed by atoms with Crippen molar-refractivity contribution >= 4 is 11.3 Å². The Bertz CT molecular complexity index is 1040. The fourth-order valence-corrected chi connectivity index (χ4v) is 2.78. The molecule has 0 radical (unpaired) electrons. The van der Waals surface area contributed by atoms with Crippen molar-refractivity contribution in [2.24, 2.45) is 0 Å². The lowest BCUT2D eigenvalue weighted by atomic mass is 10.1. The Balaban J connectivity index is 0.000000948. The molecular weight excluding hydrogens is 329 g/mol. The average Bonchev–Trinajstić information content (AvgIpc) is 3.00. The van der Waals surface area contributed by atoms with Crippen molar-refractivity contribution in [3.8, 4) is 22.5 Å². The summed E-state index contributed by atoms with van der Waals surface area (Å²) >= 11 is 0. The van der Waals surface area contributed by atoms with Crippen LogP contribution in [0, 0.1) is 12.7 Å². The van der Waals surface area contributed by atoms with E-state index in [1.54, 1.807) is 18.5 Å². The molecule has 0 amide bonds. The number of nitrogen functional groups attached to an aromatic ring is 1. The van der Waals surface area contributed by atoms with E-state index in [9.17, 15) is 4.39 Å². The zero-order chi connectivity index (χ0) is 18.7. The second-order valence-corrected chi connectivity index (χ2v) is 5.51. The number of aryl methyl sites for hydroxylation is 1. The SMILES string of the molecule is CC.Cc1c(-c2cccnc2N)cc2cnc(-c3ccc(F)cn3)cn12. The minimum Gasteiger partial charge on any atom is -0.383 e. The van der Waals surface area contributed by atoms with Crippen LogP contribution in [0.4, 0.5) is 10.2 Å². The van der Waals surface area contributed by atoms with Crippen molar-refractivity contribution < 1.29 is 4.39 Å². The van der Waals surface area contributed by atoms with Gasteiger partial charge in [0, 0.05) is 29.2 Å². The highest BCUT2D eigenvalue weighted by atomic mass is 19.1. The maximum Gasteiger partial charge on any atom is 0.141 e. The number of anilines is 1. The van der Waals surface area contributed by atoms with Crippen LogP contribution in [-0.2, 0) is 0 Å². The molecular formula is C20H20FN5. The summed E-state index contributed by atoms with van der Waals surface area (Å²) in [5.74, 6) is 0.121. The molecule has 0 fully saturated rings. The predicted octanol–water partition coefficient (Wildman–Crippen LogP) is 4.51. The number of pyridine rings is 2. The maximum atomic E-state index is 13.0. The fraction of sp³-hybridized carbons (Fsp3) is 0.150. The van der Waals surface area contributed by atoms with Gasteiger partial charge < -0.3 is 10.1 Å². The van der Waals surface area contributed by atoms with Crippen LogP contribution >= 0.6 is 0 Å². The molecule has 2 N–H and O–H groups in total. The lowest BCUT2D eigenvalue weighted by molar-refractivity contribution is 0.622. The van der Waals surface area contributed by atoms with E-state index in [1.165, 1.54) is 12.3 Å². The molecule has 0 aliphatic rings. The molecule has 4 heterocycles. The van der Waals surface area contributed by atoms with Crippen molar-refractivity contribution in [1.29, 1.82) is 0 Å². The molecule has 4 aromatic rings. The summed E-state index contributed by atoms with van der Waals surface area (Å²) < 4.78 is 15.1. The van der Waals surface area contributed by atoms with Gasteiger partial charge in [0.1, 0.15) is 17.3 Å². The number of rotatable bonds is 2. The third-order valence-electron chi connectivity index (χ3n) is 4.03. The predicted molar refractivity (Wildman–Crippen MR) is 102 cm³/mol. The molecule has 0 aliphatic heterocycles. The van der Waals surface area contributed by atoms with E-state index in [0.29, 0.717) is 17.2 Å². The summed E-state index contributed by atoms with van der Waals surface area (Å²) in [6, 6.07) is 8.82. The van der Waals surface area contributed by atoms with Gasteiger partial charge in [0.05, 0.1) is 23.6 Å². The van der Waals surface area contributed by atoms with Gasteiger partial charge in [-0.15, -0.1) is 0 Å². The zero-order valence-corrected chi connectivity index (χ0v) is 14.9. The topological polar surface area (TPSA) is 69.1 Å². The third kappa shape index (κ3) is 3.13. The summed E-state index contributed by atoms with van der Waals surface area (Å²) in [5, 5.41) is 0. The van der Waals surface area contributed by atoms with E-state index in [2.05, 4.69) is 15.0 Å². The van der Waals surface area contributed by atoms with E-state index >= 15 is 0 Å². The molecule has 0 aliphatic carbocycles. The lowest BCUT2D eigenvalue weighted by Crippen LogP contribution is -1.95. The summed E-state index contributed by atoms with van der Waals surface area (Å²) in [6.45, 7) is 6.01. The van der Waals surface area contributed by atoms with Crippen molar-refractivity contribution in [3.63, 3.8) is 0 Å². The summed E-state index contributed by atoms with van der Waals surface area (Å²) in [4.78, 5) is 12.7. The normalized spacial score (nSPS) is 10.5. The van der Waals surface area contributed by atoms with Crippen LogP contribution in [0.15, 0.2) is 55.1 Å². The van der Waals surface area contributed by atoms with E-state index in [0.717, 1.165) is 22.3 Å². The van der Waals surface area contributed by atoms with Crippen LogP contribution in [0.25, 0.3) is 28.0 Å².